The van der Waals surface area contributed by atoms with E-state index in [1.54, 1.807) is 0 Å². The minimum Gasteiger partial charge on any atom is -0.389 e. The quantitative estimate of drug-likeness (QED) is 0.829. The van der Waals surface area contributed by atoms with Crippen molar-refractivity contribution in [2.24, 2.45) is 11.1 Å². The van der Waals surface area contributed by atoms with Gasteiger partial charge in [-0.3, -0.25) is 0 Å². The average Bonchev–Trinajstić information content (AvgIpc) is 2.50. The van der Waals surface area contributed by atoms with E-state index < -0.39 is 0 Å². The van der Waals surface area contributed by atoms with E-state index in [4.69, 9.17) is 18.0 Å². The maximum atomic E-state index is 5.62. The molecule has 1 aliphatic heterocycles. The number of nitrogens with two attached hydrogens (primary N) is 1. The molecule has 1 heterocycles. The van der Waals surface area contributed by atoms with Crippen LogP contribution in [0.1, 0.15) is 38.7 Å². The van der Waals surface area contributed by atoms with E-state index >= 15 is 0 Å². The van der Waals surface area contributed by atoms with Gasteiger partial charge in [0.1, 0.15) is 4.99 Å². The van der Waals surface area contributed by atoms with Crippen molar-refractivity contribution in [2.75, 3.05) is 18.0 Å². The lowest BCUT2D eigenvalue weighted by Crippen LogP contribution is -2.25. The zero-order valence-corrected chi connectivity index (χ0v) is 12.1. The predicted molar refractivity (Wildman–Crippen MR) is 82.2 cm³/mol. The highest BCUT2D eigenvalue weighted by Gasteiger charge is 2.23. The Hall–Kier alpha value is -1.09. The maximum absolute atomic E-state index is 5.62. The number of benzene rings is 1. The zero-order chi connectivity index (χ0) is 13.2. The lowest BCUT2D eigenvalue weighted by molar-refractivity contribution is 0.325. The van der Waals surface area contributed by atoms with Crippen LogP contribution < -0.4 is 10.6 Å². The Morgan fingerprint density at radius 1 is 1.17 bits per heavy atom. The molecule has 1 fully saturated rings. The SMILES string of the molecule is CC1(C)CCCN(c2ccc(C(N)=S)cc2)CC1. The number of anilines is 1. The van der Waals surface area contributed by atoms with Crippen LogP contribution in [0.15, 0.2) is 24.3 Å². The minimum absolute atomic E-state index is 0.471. The second kappa shape index (κ2) is 5.27. The van der Waals surface area contributed by atoms with E-state index in [1.807, 2.05) is 12.1 Å². The second-order valence-corrected chi connectivity index (χ2v) is 6.36. The van der Waals surface area contributed by atoms with Gasteiger partial charge in [0.25, 0.3) is 0 Å². The van der Waals surface area contributed by atoms with Crippen molar-refractivity contribution in [3.05, 3.63) is 29.8 Å². The topological polar surface area (TPSA) is 29.3 Å². The Balaban J connectivity index is 2.09. The predicted octanol–water partition coefficient (Wildman–Crippen LogP) is 3.34. The highest BCUT2D eigenvalue weighted by molar-refractivity contribution is 7.80. The molecule has 0 spiro atoms. The summed E-state index contributed by atoms with van der Waals surface area (Å²) in [5.74, 6) is 0. The molecule has 0 aliphatic carbocycles. The summed E-state index contributed by atoms with van der Waals surface area (Å²) in [7, 11) is 0. The molecule has 0 bridgehead atoms. The monoisotopic (exact) mass is 262 g/mol. The van der Waals surface area contributed by atoms with Crippen molar-refractivity contribution in [1.29, 1.82) is 0 Å². The van der Waals surface area contributed by atoms with Crippen LogP contribution in [0.2, 0.25) is 0 Å². The van der Waals surface area contributed by atoms with E-state index in [0.29, 0.717) is 10.4 Å². The maximum Gasteiger partial charge on any atom is 0.103 e. The minimum atomic E-state index is 0.471. The Morgan fingerprint density at radius 3 is 2.44 bits per heavy atom. The van der Waals surface area contributed by atoms with Crippen molar-refractivity contribution >= 4 is 22.9 Å². The van der Waals surface area contributed by atoms with Crippen molar-refractivity contribution in [3.8, 4) is 0 Å². The first-order valence-corrected chi connectivity index (χ1v) is 7.04. The molecular weight excluding hydrogens is 240 g/mol. The third-order valence-electron chi connectivity index (χ3n) is 3.86. The molecule has 1 aromatic carbocycles. The molecule has 98 valence electrons. The van der Waals surface area contributed by atoms with E-state index in [1.165, 1.54) is 24.9 Å². The summed E-state index contributed by atoms with van der Waals surface area (Å²) in [5, 5.41) is 0. The summed E-state index contributed by atoms with van der Waals surface area (Å²) in [6, 6.07) is 8.31. The Labute approximate surface area is 115 Å². The fourth-order valence-electron chi connectivity index (χ4n) is 2.52. The van der Waals surface area contributed by atoms with E-state index in [9.17, 15) is 0 Å². The standard InChI is InChI=1S/C15H22N2S/c1-15(2)8-3-10-17(11-9-15)13-6-4-12(5-7-13)14(16)18/h4-7H,3,8-11H2,1-2H3,(H2,16,18). The second-order valence-electron chi connectivity index (χ2n) is 5.92. The van der Waals surface area contributed by atoms with Gasteiger partial charge in [0.05, 0.1) is 0 Å². The van der Waals surface area contributed by atoms with Gasteiger partial charge >= 0.3 is 0 Å². The summed E-state index contributed by atoms with van der Waals surface area (Å²) < 4.78 is 0. The molecular formula is C15H22N2S. The molecule has 1 aliphatic rings. The molecule has 2 N–H and O–H groups in total. The molecule has 0 unspecified atom stereocenters. The normalized spacial score (nSPS) is 19.3. The molecule has 0 atom stereocenters. The molecule has 0 amide bonds. The molecule has 2 nitrogen and oxygen atoms in total. The van der Waals surface area contributed by atoms with Gasteiger partial charge in [-0.05, 0) is 48.9 Å². The van der Waals surface area contributed by atoms with E-state index in [-0.39, 0.29) is 0 Å². The van der Waals surface area contributed by atoms with Crippen LogP contribution in [0.25, 0.3) is 0 Å². The summed E-state index contributed by atoms with van der Waals surface area (Å²) in [4.78, 5) is 2.94. The lowest BCUT2D eigenvalue weighted by atomic mass is 9.85. The molecule has 1 aromatic rings. The largest absolute Gasteiger partial charge is 0.389 e. The molecule has 0 radical (unpaired) electrons. The molecule has 0 saturated carbocycles. The molecule has 3 heteroatoms. The third kappa shape index (κ3) is 3.22. The number of nitrogens with zero attached hydrogens (tertiary/aromatic N) is 1. The number of hydrogen-bond donors (Lipinski definition) is 1. The fraction of sp³-hybridized carbons (Fsp3) is 0.533. The van der Waals surface area contributed by atoms with E-state index in [2.05, 4.69) is 30.9 Å². The Morgan fingerprint density at radius 2 is 1.83 bits per heavy atom. The van der Waals surface area contributed by atoms with Gasteiger partial charge < -0.3 is 10.6 Å². The van der Waals surface area contributed by atoms with Crippen molar-refractivity contribution in [1.82, 2.24) is 0 Å². The van der Waals surface area contributed by atoms with Gasteiger partial charge in [0, 0.05) is 24.3 Å². The van der Waals surface area contributed by atoms with Gasteiger partial charge in [-0.2, -0.15) is 0 Å². The first-order valence-electron chi connectivity index (χ1n) is 6.63. The van der Waals surface area contributed by atoms with Gasteiger partial charge in [-0.15, -0.1) is 0 Å². The van der Waals surface area contributed by atoms with E-state index in [0.717, 1.165) is 18.7 Å². The fourth-order valence-corrected chi connectivity index (χ4v) is 2.65. The highest BCUT2D eigenvalue weighted by Crippen LogP contribution is 2.31. The summed E-state index contributed by atoms with van der Waals surface area (Å²) in [5.41, 5.74) is 8.33. The molecule has 1 saturated heterocycles. The lowest BCUT2D eigenvalue weighted by Gasteiger charge is -2.25. The van der Waals surface area contributed by atoms with Crippen LogP contribution in [-0.2, 0) is 0 Å². The van der Waals surface area contributed by atoms with Crippen molar-refractivity contribution < 1.29 is 0 Å². The smallest absolute Gasteiger partial charge is 0.103 e. The Kier molecular flexibility index (Phi) is 3.91. The third-order valence-corrected chi connectivity index (χ3v) is 4.09. The van der Waals surface area contributed by atoms with Crippen molar-refractivity contribution in [2.45, 2.75) is 33.1 Å². The highest BCUT2D eigenvalue weighted by atomic mass is 32.1. The average molecular weight is 262 g/mol. The summed E-state index contributed by atoms with van der Waals surface area (Å²) in [6.45, 7) is 7.02. The van der Waals surface area contributed by atoms with Gasteiger partial charge in [-0.1, -0.05) is 26.1 Å². The first kappa shape index (κ1) is 13.3. The first-order chi connectivity index (χ1) is 8.48. The van der Waals surface area contributed by atoms with Gasteiger partial charge in [0.15, 0.2) is 0 Å². The molecule has 0 aromatic heterocycles. The number of rotatable bonds is 2. The van der Waals surface area contributed by atoms with Crippen LogP contribution in [0.5, 0.6) is 0 Å². The molecule has 18 heavy (non-hydrogen) atoms. The summed E-state index contributed by atoms with van der Waals surface area (Å²) >= 11 is 4.98. The van der Waals surface area contributed by atoms with Crippen LogP contribution >= 0.6 is 12.2 Å². The zero-order valence-electron chi connectivity index (χ0n) is 11.3. The summed E-state index contributed by atoms with van der Waals surface area (Å²) in [6.07, 6.45) is 3.84. The Bertz CT molecular complexity index is 423. The van der Waals surface area contributed by atoms with Crippen LogP contribution in [0.3, 0.4) is 0 Å². The van der Waals surface area contributed by atoms with Crippen LogP contribution in [0.4, 0.5) is 5.69 Å². The van der Waals surface area contributed by atoms with Crippen LogP contribution in [-0.4, -0.2) is 18.1 Å². The van der Waals surface area contributed by atoms with Crippen LogP contribution in [0, 0.1) is 5.41 Å². The van der Waals surface area contributed by atoms with Gasteiger partial charge in [0.2, 0.25) is 0 Å². The number of hydrogen-bond acceptors (Lipinski definition) is 2. The molecule has 2 rings (SSSR count). The van der Waals surface area contributed by atoms with Crippen molar-refractivity contribution in [3.63, 3.8) is 0 Å². The number of thiocarbonyl (C=S) groups is 1. The van der Waals surface area contributed by atoms with Gasteiger partial charge in [-0.25, -0.2) is 0 Å².